The summed E-state index contributed by atoms with van der Waals surface area (Å²) >= 11 is 0. The van der Waals surface area contributed by atoms with Crippen LogP contribution in [-0.2, 0) is 6.54 Å². The zero-order valence-corrected chi connectivity index (χ0v) is 15.0. The van der Waals surface area contributed by atoms with Crippen molar-refractivity contribution in [3.8, 4) is 5.69 Å². The molecule has 2 aromatic heterocycles. The van der Waals surface area contributed by atoms with Crippen molar-refractivity contribution < 1.29 is 4.79 Å². The number of aromatic nitrogens is 3. The van der Waals surface area contributed by atoms with Gasteiger partial charge in [0.25, 0.3) is 5.91 Å². The number of carbonyl (C=O) groups excluding carboxylic acids is 1. The summed E-state index contributed by atoms with van der Waals surface area (Å²) in [6, 6.07) is 19.4. The molecule has 0 aliphatic rings. The summed E-state index contributed by atoms with van der Waals surface area (Å²) in [4.78, 5) is 12.7. The Labute approximate surface area is 157 Å². The maximum atomic E-state index is 12.7. The van der Waals surface area contributed by atoms with E-state index in [1.807, 2.05) is 95.4 Å². The molecule has 1 amide bonds. The van der Waals surface area contributed by atoms with Crippen LogP contribution in [0.2, 0.25) is 0 Å². The molecule has 0 bridgehead atoms. The van der Waals surface area contributed by atoms with Crippen LogP contribution in [0.5, 0.6) is 0 Å². The standard InChI is InChI=1S/C22H20N4O/c1-17-8-9-19(15-21(17)25-11-2-3-12-25)22(27)24-20-7-4-6-18(14-20)16-26-13-5-10-23-26/h2-15H,16H2,1H3,(H,24,27). The first kappa shape index (κ1) is 16.8. The molecule has 2 aromatic carbocycles. The summed E-state index contributed by atoms with van der Waals surface area (Å²) in [5.41, 5.74) is 4.59. The minimum absolute atomic E-state index is 0.125. The van der Waals surface area contributed by atoms with Crippen molar-refractivity contribution in [1.82, 2.24) is 14.3 Å². The number of nitrogens with zero attached hydrogens (tertiary/aromatic N) is 3. The van der Waals surface area contributed by atoms with Crippen LogP contribution in [-0.4, -0.2) is 20.3 Å². The van der Waals surface area contributed by atoms with Crippen molar-refractivity contribution in [2.24, 2.45) is 0 Å². The summed E-state index contributed by atoms with van der Waals surface area (Å²) in [7, 11) is 0. The smallest absolute Gasteiger partial charge is 0.255 e. The number of carbonyl (C=O) groups is 1. The molecule has 0 aliphatic heterocycles. The third kappa shape index (κ3) is 3.82. The maximum absolute atomic E-state index is 12.7. The van der Waals surface area contributed by atoms with Crippen LogP contribution in [0.4, 0.5) is 5.69 Å². The van der Waals surface area contributed by atoms with Crippen LogP contribution in [0, 0.1) is 6.92 Å². The number of hydrogen-bond acceptors (Lipinski definition) is 2. The number of benzene rings is 2. The Kier molecular flexibility index (Phi) is 4.58. The molecule has 5 heteroatoms. The van der Waals surface area contributed by atoms with Gasteiger partial charge >= 0.3 is 0 Å². The Hall–Kier alpha value is -3.60. The van der Waals surface area contributed by atoms with E-state index in [1.54, 1.807) is 6.20 Å². The van der Waals surface area contributed by atoms with Crippen LogP contribution in [0.3, 0.4) is 0 Å². The first-order chi connectivity index (χ1) is 13.2. The molecule has 0 saturated heterocycles. The van der Waals surface area contributed by atoms with E-state index < -0.39 is 0 Å². The first-order valence-electron chi connectivity index (χ1n) is 8.81. The van der Waals surface area contributed by atoms with Crippen molar-refractivity contribution >= 4 is 11.6 Å². The van der Waals surface area contributed by atoms with Crippen molar-refractivity contribution in [3.63, 3.8) is 0 Å². The minimum Gasteiger partial charge on any atom is -0.324 e. The Balaban J connectivity index is 1.53. The number of aryl methyl sites for hydroxylation is 1. The predicted octanol–water partition coefficient (Wildman–Crippen LogP) is 4.28. The van der Waals surface area contributed by atoms with E-state index in [0.29, 0.717) is 12.1 Å². The number of hydrogen-bond donors (Lipinski definition) is 1. The van der Waals surface area contributed by atoms with Crippen molar-refractivity contribution in [1.29, 1.82) is 0 Å². The Morgan fingerprint density at radius 1 is 1.00 bits per heavy atom. The molecule has 0 atom stereocenters. The van der Waals surface area contributed by atoms with Crippen molar-refractivity contribution in [2.75, 3.05) is 5.32 Å². The number of nitrogens with one attached hydrogen (secondary N) is 1. The summed E-state index contributed by atoms with van der Waals surface area (Å²) in [6.07, 6.45) is 7.62. The summed E-state index contributed by atoms with van der Waals surface area (Å²) in [5.74, 6) is -0.125. The molecule has 5 nitrogen and oxygen atoms in total. The number of amides is 1. The molecule has 0 radical (unpaired) electrons. The van der Waals surface area contributed by atoms with E-state index in [2.05, 4.69) is 10.4 Å². The van der Waals surface area contributed by atoms with Gasteiger partial charge in [-0.1, -0.05) is 18.2 Å². The fourth-order valence-electron chi connectivity index (χ4n) is 3.06. The molecular formula is C22H20N4O. The van der Waals surface area contributed by atoms with E-state index in [9.17, 15) is 4.79 Å². The molecular weight excluding hydrogens is 336 g/mol. The molecule has 0 aliphatic carbocycles. The lowest BCUT2D eigenvalue weighted by Crippen LogP contribution is -2.13. The van der Waals surface area contributed by atoms with Gasteiger partial charge in [-0.05, 0) is 60.5 Å². The summed E-state index contributed by atoms with van der Waals surface area (Å²) < 4.78 is 3.86. The zero-order chi connectivity index (χ0) is 18.6. The Morgan fingerprint density at radius 2 is 1.85 bits per heavy atom. The normalized spacial score (nSPS) is 10.7. The molecule has 0 fully saturated rings. The third-order valence-corrected chi connectivity index (χ3v) is 4.44. The topological polar surface area (TPSA) is 51.9 Å². The molecule has 4 rings (SSSR count). The second kappa shape index (κ2) is 7.33. The predicted molar refractivity (Wildman–Crippen MR) is 106 cm³/mol. The second-order valence-electron chi connectivity index (χ2n) is 6.45. The van der Waals surface area contributed by atoms with Crippen molar-refractivity contribution in [2.45, 2.75) is 13.5 Å². The number of rotatable bonds is 5. The van der Waals surface area contributed by atoms with Gasteiger partial charge in [0, 0.05) is 41.7 Å². The molecule has 4 aromatic rings. The average molecular weight is 356 g/mol. The molecule has 1 N–H and O–H groups in total. The highest BCUT2D eigenvalue weighted by molar-refractivity contribution is 6.04. The van der Waals surface area contributed by atoms with Crippen LogP contribution >= 0.6 is 0 Å². The van der Waals surface area contributed by atoms with E-state index >= 15 is 0 Å². The fraction of sp³-hybridized carbons (Fsp3) is 0.0909. The number of anilines is 1. The second-order valence-corrected chi connectivity index (χ2v) is 6.45. The van der Waals surface area contributed by atoms with Gasteiger partial charge in [0.15, 0.2) is 0 Å². The Bertz CT molecular complexity index is 1050. The van der Waals surface area contributed by atoms with E-state index in [4.69, 9.17) is 0 Å². The molecule has 2 heterocycles. The monoisotopic (exact) mass is 356 g/mol. The largest absolute Gasteiger partial charge is 0.324 e. The van der Waals surface area contributed by atoms with Gasteiger partial charge in [0.1, 0.15) is 0 Å². The highest BCUT2D eigenvalue weighted by Gasteiger charge is 2.10. The first-order valence-corrected chi connectivity index (χ1v) is 8.81. The van der Waals surface area contributed by atoms with E-state index in [1.165, 1.54) is 0 Å². The quantitative estimate of drug-likeness (QED) is 0.580. The van der Waals surface area contributed by atoms with Crippen molar-refractivity contribution in [3.05, 3.63) is 102 Å². The van der Waals surface area contributed by atoms with Gasteiger partial charge in [0.2, 0.25) is 0 Å². The van der Waals surface area contributed by atoms with Gasteiger partial charge in [-0.15, -0.1) is 0 Å². The van der Waals surface area contributed by atoms with Gasteiger partial charge in [-0.2, -0.15) is 5.10 Å². The summed E-state index contributed by atoms with van der Waals surface area (Å²) in [6.45, 7) is 2.70. The average Bonchev–Trinajstić information content (AvgIpc) is 3.36. The van der Waals surface area contributed by atoms with Crippen LogP contribution in [0.1, 0.15) is 21.5 Å². The Morgan fingerprint density at radius 3 is 2.63 bits per heavy atom. The molecule has 0 saturated carbocycles. The van der Waals surface area contributed by atoms with E-state index in [0.717, 1.165) is 22.5 Å². The highest BCUT2D eigenvalue weighted by atomic mass is 16.1. The van der Waals surface area contributed by atoms with Gasteiger partial charge in [-0.3, -0.25) is 9.48 Å². The van der Waals surface area contributed by atoms with Gasteiger partial charge < -0.3 is 9.88 Å². The zero-order valence-electron chi connectivity index (χ0n) is 15.0. The molecule has 134 valence electrons. The third-order valence-electron chi connectivity index (χ3n) is 4.44. The SMILES string of the molecule is Cc1ccc(C(=O)Nc2cccc(Cn3cccn3)c2)cc1-n1cccc1. The summed E-state index contributed by atoms with van der Waals surface area (Å²) in [5, 5.41) is 7.21. The highest BCUT2D eigenvalue weighted by Crippen LogP contribution is 2.18. The molecule has 0 spiro atoms. The van der Waals surface area contributed by atoms with E-state index in [-0.39, 0.29) is 5.91 Å². The molecule has 27 heavy (non-hydrogen) atoms. The lowest BCUT2D eigenvalue weighted by Gasteiger charge is -2.11. The lowest BCUT2D eigenvalue weighted by molar-refractivity contribution is 0.102. The molecule has 0 unspecified atom stereocenters. The van der Waals surface area contributed by atoms with Crippen LogP contribution < -0.4 is 5.32 Å². The van der Waals surface area contributed by atoms with Crippen LogP contribution in [0.15, 0.2) is 85.5 Å². The lowest BCUT2D eigenvalue weighted by atomic mass is 10.1. The van der Waals surface area contributed by atoms with Gasteiger partial charge in [-0.25, -0.2) is 0 Å². The fourth-order valence-corrected chi connectivity index (χ4v) is 3.06. The minimum atomic E-state index is -0.125. The maximum Gasteiger partial charge on any atom is 0.255 e. The van der Waals surface area contributed by atoms with Crippen LogP contribution in [0.25, 0.3) is 5.69 Å². The van der Waals surface area contributed by atoms with Gasteiger partial charge in [0.05, 0.1) is 6.54 Å².